The third-order valence-corrected chi connectivity index (χ3v) is 5.22. The van der Waals surface area contributed by atoms with Gasteiger partial charge < -0.3 is 10.1 Å². The van der Waals surface area contributed by atoms with Gasteiger partial charge in [-0.25, -0.2) is 13.8 Å². The summed E-state index contributed by atoms with van der Waals surface area (Å²) in [7, 11) is 0. The van der Waals surface area contributed by atoms with Gasteiger partial charge in [0.05, 0.1) is 17.3 Å². The van der Waals surface area contributed by atoms with Crippen LogP contribution in [0, 0.1) is 18.6 Å². The van der Waals surface area contributed by atoms with Gasteiger partial charge in [0, 0.05) is 16.5 Å². The highest BCUT2D eigenvalue weighted by Gasteiger charge is 2.13. The molecule has 0 aliphatic rings. The molecule has 0 spiro atoms. The number of nitrogens with zero attached hydrogens (tertiary/aromatic N) is 1. The van der Waals surface area contributed by atoms with Gasteiger partial charge in [-0.2, -0.15) is 0 Å². The number of hydrogen-bond donors (Lipinski definition) is 1. The van der Waals surface area contributed by atoms with Crippen molar-refractivity contribution in [3.63, 3.8) is 0 Å². The summed E-state index contributed by atoms with van der Waals surface area (Å²) >= 11 is 7.63. The van der Waals surface area contributed by atoms with E-state index in [1.54, 1.807) is 6.07 Å². The fourth-order valence-corrected chi connectivity index (χ4v) is 3.63. The molecule has 2 aromatic carbocycles. The van der Waals surface area contributed by atoms with Crippen molar-refractivity contribution in [2.45, 2.75) is 13.5 Å². The Bertz CT molecular complexity index is 978. The van der Waals surface area contributed by atoms with Crippen LogP contribution < -0.4 is 10.1 Å². The Hall–Kier alpha value is -2.51. The molecule has 0 bridgehead atoms. The van der Waals surface area contributed by atoms with Crippen molar-refractivity contribution >= 4 is 28.8 Å². The SMILES string of the molecule is Cc1nc(-c2ccccc2Cl)sc1CNC(=O)COc1ccc(F)cc1F. The smallest absolute Gasteiger partial charge is 0.258 e. The maximum atomic E-state index is 13.5. The van der Waals surface area contributed by atoms with E-state index in [1.807, 2.05) is 25.1 Å². The van der Waals surface area contributed by atoms with E-state index in [9.17, 15) is 13.6 Å². The van der Waals surface area contributed by atoms with Crippen LogP contribution in [0.25, 0.3) is 10.6 Å². The predicted octanol–water partition coefficient (Wildman–Crippen LogP) is 4.75. The molecule has 0 unspecified atom stereocenters. The minimum absolute atomic E-state index is 0.179. The number of thiazole rings is 1. The predicted molar refractivity (Wildman–Crippen MR) is 101 cm³/mol. The Balaban J connectivity index is 1.58. The van der Waals surface area contributed by atoms with Gasteiger partial charge in [-0.1, -0.05) is 29.8 Å². The van der Waals surface area contributed by atoms with E-state index in [0.29, 0.717) is 11.1 Å². The Labute approximate surface area is 163 Å². The van der Waals surface area contributed by atoms with Crippen molar-refractivity contribution in [1.29, 1.82) is 0 Å². The zero-order valence-electron chi connectivity index (χ0n) is 14.3. The Morgan fingerprint density at radius 1 is 1.26 bits per heavy atom. The van der Waals surface area contributed by atoms with E-state index in [-0.39, 0.29) is 18.9 Å². The lowest BCUT2D eigenvalue weighted by Gasteiger charge is -2.07. The number of carbonyl (C=O) groups excluding carboxylic acids is 1. The van der Waals surface area contributed by atoms with E-state index >= 15 is 0 Å². The second-order valence-corrected chi connectivity index (χ2v) is 7.14. The summed E-state index contributed by atoms with van der Waals surface area (Å²) in [5, 5.41) is 4.08. The highest BCUT2D eigenvalue weighted by atomic mass is 35.5. The lowest BCUT2D eigenvalue weighted by Crippen LogP contribution is -2.28. The Morgan fingerprint density at radius 3 is 2.78 bits per heavy atom. The average molecular weight is 409 g/mol. The molecule has 1 heterocycles. The molecule has 27 heavy (non-hydrogen) atoms. The van der Waals surface area contributed by atoms with Crippen molar-refractivity contribution in [1.82, 2.24) is 10.3 Å². The molecule has 140 valence electrons. The summed E-state index contributed by atoms with van der Waals surface area (Å²) in [6, 6.07) is 10.3. The maximum absolute atomic E-state index is 13.5. The van der Waals surface area contributed by atoms with E-state index in [0.717, 1.165) is 33.3 Å². The van der Waals surface area contributed by atoms with Crippen molar-refractivity contribution in [3.05, 3.63) is 69.7 Å². The molecule has 0 radical (unpaired) electrons. The van der Waals surface area contributed by atoms with Crippen LogP contribution in [0.3, 0.4) is 0 Å². The minimum Gasteiger partial charge on any atom is -0.481 e. The van der Waals surface area contributed by atoms with Crippen LogP contribution in [0.5, 0.6) is 5.75 Å². The number of ether oxygens (including phenoxy) is 1. The van der Waals surface area contributed by atoms with Gasteiger partial charge >= 0.3 is 0 Å². The van der Waals surface area contributed by atoms with Crippen molar-refractivity contribution in [2.75, 3.05) is 6.61 Å². The molecular formula is C19H15ClF2N2O2S. The fraction of sp³-hybridized carbons (Fsp3) is 0.158. The third-order valence-electron chi connectivity index (χ3n) is 3.70. The van der Waals surface area contributed by atoms with Gasteiger partial charge in [-0.05, 0) is 25.1 Å². The van der Waals surface area contributed by atoms with Crippen LogP contribution >= 0.6 is 22.9 Å². The van der Waals surface area contributed by atoms with E-state index in [2.05, 4.69) is 10.3 Å². The normalized spacial score (nSPS) is 10.7. The zero-order chi connectivity index (χ0) is 19.4. The molecule has 0 saturated heterocycles. The van der Waals surface area contributed by atoms with Crippen molar-refractivity contribution in [3.8, 4) is 16.3 Å². The topological polar surface area (TPSA) is 51.2 Å². The number of rotatable bonds is 6. The number of nitrogens with one attached hydrogen (secondary N) is 1. The lowest BCUT2D eigenvalue weighted by molar-refractivity contribution is -0.123. The molecular weight excluding hydrogens is 394 g/mol. The number of aromatic nitrogens is 1. The molecule has 3 rings (SSSR count). The van der Waals surface area contributed by atoms with Crippen LogP contribution in [-0.4, -0.2) is 17.5 Å². The molecule has 8 heteroatoms. The number of amides is 1. The van der Waals surface area contributed by atoms with Gasteiger partial charge in [0.15, 0.2) is 18.2 Å². The third kappa shape index (κ3) is 4.81. The number of halogens is 3. The monoisotopic (exact) mass is 408 g/mol. The highest BCUT2D eigenvalue weighted by Crippen LogP contribution is 2.32. The summed E-state index contributed by atoms with van der Waals surface area (Å²) in [6.45, 7) is 1.74. The van der Waals surface area contributed by atoms with Gasteiger partial charge in [0.1, 0.15) is 10.8 Å². The van der Waals surface area contributed by atoms with E-state index < -0.39 is 17.5 Å². The first kappa shape index (κ1) is 19.3. The molecule has 1 aromatic heterocycles. The first-order chi connectivity index (χ1) is 12.9. The maximum Gasteiger partial charge on any atom is 0.258 e. The standard InChI is InChI=1S/C19H15ClF2N2O2S/c1-11-17(27-19(24-11)13-4-2-3-5-14(13)20)9-23-18(25)10-26-16-7-6-12(21)8-15(16)22/h2-8H,9-10H2,1H3,(H,23,25). The van der Waals surface area contributed by atoms with Gasteiger partial charge in [-0.3, -0.25) is 4.79 Å². The average Bonchev–Trinajstić information content (AvgIpc) is 3.00. The van der Waals surface area contributed by atoms with Gasteiger partial charge in [0.25, 0.3) is 5.91 Å². The van der Waals surface area contributed by atoms with Crippen molar-refractivity contribution in [2.24, 2.45) is 0 Å². The molecule has 0 atom stereocenters. The van der Waals surface area contributed by atoms with Gasteiger partial charge in [0.2, 0.25) is 0 Å². The Morgan fingerprint density at radius 2 is 2.04 bits per heavy atom. The molecule has 1 amide bonds. The summed E-state index contributed by atoms with van der Waals surface area (Å²) in [5.74, 6) is -2.17. The van der Waals surface area contributed by atoms with Crippen LogP contribution in [0.1, 0.15) is 10.6 Å². The van der Waals surface area contributed by atoms with Crippen LogP contribution in [0.2, 0.25) is 5.02 Å². The number of carbonyl (C=O) groups is 1. The number of hydrogen-bond acceptors (Lipinski definition) is 4. The molecule has 1 N–H and O–H groups in total. The quantitative estimate of drug-likeness (QED) is 0.640. The molecule has 0 aliphatic heterocycles. The molecule has 3 aromatic rings. The number of benzene rings is 2. The second-order valence-electron chi connectivity index (χ2n) is 5.65. The molecule has 0 saturated carbocycles. The zero-order valence-corrected chi connectivity index (χ0v) is 15.8. The van der Waals surface area contributed by atoms with Crippen LogP contribution in [0.15, 0.2) is 42.5 Å². The van der Waals surface area contributed by atoms with Crippen molar-refractivity contribution < 1.29 is 18.3 Å². The molecule has 0 aliphatic carbocycles. The van der Waals surface area contributed by atoms with Crippen LogP contribution in [-0.2, 0) is 11.3 Å². The molecule has 0 fully saturated rings. The van der Waals surface area contributed by atoms with Crippen LogP contribution in [0.4, 0.5) is 8.78 Å². The molecule has 4 nitrogen and oxygen atoms in total. The Kier molecular flexibility index (Phi) is 6.03. The first-order valence-electron chi connectivity index (χ1n) is 8.00. The lowest BCUT2D eigenvalue weighted by atomic mass is 10.2. The number of aryl methyl sites for hydroxylation is 1. The summed E-state index contributed by atoms with van der Waals surface area (Å²) in [5.41, 5.74) is 1.63. The highest BCUT2D eigenvalue weighted by molar-refractivity contribution is 7.15. The summed E-state index contributed by atoms with van der Waals surface area (Å²) in [4.78, 5) is 17.3. The largest absolute Gasteiger partial charge is 0.481 e. The minimum atomic E-state index is -0.856. The van der Waals surface area contributed by atoms with E-state index in [4.69, 9.17) is 16.3 Å². The summed E-state index contributed by atoms with van der Waals surface area (Å²) in [6.07, 6.45) is 0. The summed E-state index contributed by atoms with van der Waals surface area (Å²) < 4.78 is 31.4. The second kappa shape index (κ2) is 8.45. The van der Waals surface area contributed by atoms with Gasteiger partial charge in [-0.15, -0.1) is 11.3 Å². The first-order valence-corrected chi connectivity index (χ1v) is 9.19. The van der Waals surface area contributed by atoms with E-state index in [1.165, 1.54) is 11.3 Å². The fourth-order valence-electron chi connectivity index (χ4n) is 2.31.